The van der Waals surface area contributed by atoms with Crippen LogP contribution in [0.5, 0.6) is 5.75 Å². The lowest BCUT2D eigenvalue weighted by molar-refractivity contribution is -0.120. The topological polar surface area (TPSA) is 79.0 Å². The minimum Gasteiger partial charge on any atom is -0.497 e. The first-order valence-electron chi connectivity index (χ1n) is 10.5. The summed E-state index contributed by atoms with van der Waals surface area (Å²) in [5, 5.41) is 2.91. The molecular formula is C23H31N3O4S. The molecule has 1 fully saturated rings. The summed E-state index contributed by atoms with van der Waals surface area (Å²) in [6, 6.07) is 14.5. The average Bonchev–Trinajstić information content (AvgIpc) is 2.77. The Balaban J connectivity index is 1.64. The van der Waals surface area contributed by atoms with E-state index < -0.39 is 10.0 Å². The predicted molar refractivity (Wildman–Crippen MR) is 124 cm³/mol. The van der Waals surface area contributed by atoms with Crippen LogP contribution < -0.4 is 19.3 Å². The second-order valence-corrected chi connectivity index (χ2v) is 9.80. The van der Waals surface area contributed by atoms with Crippen molar-refractivity contribution in [2.45, 2.75) is 32.2 Å². The lowest BCUT2D eigenvalue weighted by Crippen LogP contribution is -2.41. The summed E-state index contributed by atoms with van der Waals surface area (Å²) in [4.78, 5) is 15.0. The van der Waals surface area contributed by atoms with Crippen molar-refractivity contribution in [1.29, 1.82) is 0 Å². The number of hydrogen-bond acceptors (Lipinski definition) is 5. The molecule has 2 aromatic carbocycles. The van der Waals surface area contributed by atoms with Gasteiger partial charge in [0.15, 0.2) is 0 Å². The third-order valence-corrected chi connectivity index (χ3v) is 6.68. The Kier molecular flexibility index (Phi) is 7.43. The van der Waals surface area contributed by atoms with Gasteiger partial charge in [-0.15, -0.1) is 0 Å². The monoisotopic (exact) mass is 445 g/mol. The highest BCUT2D eigenvalue weighted by molar-refractivity contribution is 7.92. The number of rotatable bonds is 8. The molecule has 1 unspecified atom stereocenters. The van der Waals surface area contributed by atoms with Crippen LogP contribution >= 0.6 is 0 Å². The van der Waals surface area contributed by atoms with Crippen LogP contribution in [0.15, 0.2) is 48.5 Å². The van der Waals surface area contributed by atoms with Crippen molar-refractivity contribution in [1.82, 2.24) is 5.32 Å². The molecule has 31 heavy (non-hydrogen) atoms. The highest BCUT2D eigenvalue weighted by Gasteiger charge is 2.22. The first kappa shape index (κ1) is 22.9. The fourth-order valence-corrected chi connectivity index (χ4v) is 4.63. The molecule has 0 spiro atoms. The zero-order valence-corrected chi connectivity index (χ0v) is 19.2. The second kappa shape index (κ2) is 10.0. The molecule has 168 valence electrons. The molecule has 2 aromatic rings. The van der Waals surface area contributed by atoms with Crippen molar-refractivity contribution < 1.29 is 17.9 Å². The molecule has 0 bridgehead atoms. The molecule has 3 rings (SSSR count). The minimum absolute atomic E-state index is 0.236. The fourth-order valence-electron chi connectivity index (χ4n) is 3.78. The lowest BCUT2D eigenvalue weighted by Gasteiger charge is -2.29. The van der Waals surface area contributed by atoms with Crippen molar-refractivity contribution >= 4 is 27.3 Å². The molecule has 1 aliphatic rings. The number of nitrogens with zero attached hydrogens (tertiary/aromatic N) is 2. The number of anilines is 2. The zero-order chi connectivity index (χ0) is 22.4. The number of amides is 1. The Labute approximate surface area is 185 Å². The number of sulfonamides is 1. The van der Waals surface area contributed by atoms with E-state index in [9.17, 15) is 13.2 Å². The van der Waals surface area contributed by atoms with Crippen LogP contribution in [-0.4, -0.2) is 47.3 Å². The highest BCUT2D eigenvalue weighted by atomic mass is 32.2. The van der Waals surface area contributed by atoms with Crippen molar-refractivity contribution in [3.63, 3.8) is 0 Å². The summed E-state index contributed by atoms with van der Waals surface area (Å²) in [5.74, 6) is 0.247. The van der Waals surface area contributed by atoms with Crippen molar-refractivity contribution in [3.05, 3.63) is 54.1 Å². The second-order valence-electron chi connectivity index (χ2n) is 7.90. The van der Waals surface area contributed by atoms with E-state index in [0.717, 1.165) is 29.2 Å². The molecule has 1 saturated heterocycles. The molecule has 1 aliphatic heterocycles. The van der Waals surface area contributed by atoms with Crippen molar-refractivity contribution in [3.8, 4) is 5.75 Å². The van der Waals surface area contributed by atoms with Gasteiger partial charge in [0.25, 0.3) is 0 Å². The molecule has 7 nitrogen and oxygen atoms in total. The number of ether oxygens (including phenoxy) is 1. The molecule has 0 radical (unpaired) electrons. The van der Waals surface area contributed by atoms with Crippen LogP contribution in [-0.2, 0) is 14.8 Å². The predicted octanol–water partition coefficient (Wildman–Crippen LogP) is 3.33. The van der Waals surface area contributed by atoms with Gasteiger partial charge in [0, 0.05) is 18.8 Å². The van der Waals surface area contributed by atoms with Crippen LogP contribution in [0.1, 0.15) is 37.8 Å². The Morgan fingerprint density at radius 3 is 2.23 bits per heavy atom. The van der Waals surface area contributed by atoms with E-state index in [1.807, 2.05) is 19.1 Å². The number of carbonyl (C=O) groups is 1. The Hall–Kier alpha value is -2.74. The standard InChI is InChI=1S/C23H31N3O4S/c1-18(19-7-9-20(10-8-19)25-15-5-4-6-16-25)24-23(27)17-26(31(3,28)29)21-11-13-22(30-2)14-12-21/h7-14,18H,4-6,15-17H2,1-3H3,(H,24,27). The van der Waals surface area contributed by atoms with E-state index in [1.54, 1.807) is 24.3 Å². The van der Waals surface area contributed by atoms with Gasteiger partial charge >= 0.3 is 0 Å². The molecule has 1 atom stereocenters. The lowest BCUT2D eigenvalue weighted by atomic mass is 10.1. The van der Waals surface area contributed by atoms with Crippen LogP contribution in [0.25, 0.3) is 0 Å². The third-order valence-electron chi connectivity index (χ3n) is 5.54. The normalized spacial score (nSPS) is 15.3. The van der Waals surface area contributed by atoms with Gasteiger partial charge in [-0.05, 0) is 68.1 Å². The van der Waals surface area contributed by atoms with Gasteiger partial charge in [-0.3, -0.25) is 9.10 Å². The van der Waals surface area contributed by atoms with Gasteiger partial charge < -0.3 is 15.0 Å². The number of piperidine rings is 1. The van der Waals surface area contributed by atoms with Crippen LogP contribution in [0.3, 0.4) is 0 Å². The van der Waals surface area contributed by atoms with E-state index in [0.29, 0.717) is 11.4 Å². The summed E-state index contributed by atoms with van der Waals surface area (Å²) < 4.78 is 30.8. The van der Waals surface area contributed by atoms with E-state index in [4.69, 9.17) is 4.74 Å². The maximum atomic E-state index is 12.6. The number of hydrogen-bond donors (Lipinski definition) is 1. The minimum atomic E-state index is -3.62. The van der Waals surface area contributed by atoms with Gasteiger partial charge in [-0.2, -0.15) is 0 Å². The van der Waals surface area contributed by atoms with Crippen molar-refractivity contribution in [2.24, 2.45) is 0 Å². The molecule has 0 aliphatic carbocycles. The summed E-state index contributed by atoms with van der Waals surface area (Å²) in [5.41, 5.74) is 2.59. The van der Waals surface area contributed by atoms with E-state index in [1.165, 1.54) is 32.1 Å². The van der Waals surface area contributed by atoms with E-state index in [-0.39, 0.29) is 18.5 Å². The van der Waals surface area contributed by atoms with Crippen LogP contribution in [0.4, 0.5) is 11.4 Å². The van der Waals surface area contributed by atoms with Crippen molar-refractivity contribution in [2.75, 3.05) is 42.2 Å². The maximum absolute atomic E-state index is 12.6. The summed E-state index contributed by atoms with van der Waals surface area (Å²) in [6.07, 6.45) is 4.82. The first-order chi connectivity index (χ1) is 14.8. The molecule has 1 N–H and O–H groups in total. The average molecular weight is 446 g/mol. The van der Waals surface area contributed by atoms with Gasteiger partial charge in [-0.1, -0.05) is 12.1 Å². The van der Waals surface area contributed by atoms with E-state index in [2.05, 4.69) is 22.3 Å². The summed E-state index contributed by atoms with van der Waals surface area (Å²) in [6.45, 7) is 3.77. The third kappa shape index (κ3) is 6.13. The summed E-state index contributed by atoms with van der Waals surface area (Å²) in [7, 11) is -2.09. The summed E-state index contributed by atoms with van der Waals surface area (Å²) >= 11 is 0. The molecule has 0 aromatic heterocycles. The number of methoxy groups -OCH3 is 1. The Bertz CT molecular complexity index is 969. The fraction of sp³-hybridized carbons (Fsp3) is 0.435. The Morgan fingerprint density at radius 2 is 1.68 bits per heavy atom. The zero-order valence-electron chi connectivity index (χ0n) is 18.4. The number of nitrogens with one attached hydrogen (secondary N) is 1. The quantitative estimate of drug-likeness (QED) is 0.674. The smallest absolute Gasteiger partial charge is 0.241 e. The van der Waals surface area contributed by atoms with Crippen LogP contribution in [0, 0.1) is 0 Å². The van der Waals surface area contributed by atoms with Gasteiger partial charge in [0.1, 0.15) is 12.3 Å². The van der Waals surface area contributed by atoms with Gasteiger partial charge in [0.05, 0.1) is 25.1 Å². The molecular weight excluding hydrogens is 414 g/mol. The van der Waals surface area contributed by atoms with E-state index >= 15 is 0 Å². The highest BCUT2D eigenvalue weighted by Crippen LogP contribution is 2.23. The molecule has 1 heterocycles. The molecule has 0 saturated carbocycles. The number of benzene rings is 2. The molecule has 1 amide bonds. The van der Waals surface area contributed by atoms with Crippen LogP contribution in [0.2, 0.25) is 0 Å². The maximum Gasteiger partial charge on any atom is 0.241 e. The first-order valence-corrected chi connectivity index (χ1v) is 12.4. The van der Waals surface area contributed by atoms with Gasteiger partial charge in [0.2, 0.25) is 15.9 Å². The van der Waals surface area contributed by atoms with Gasteiger partial charge in [-0.25, -0.2) is 8.42 Å². The SMILES string of the molecule is COc1ccc(N(CC(=O)NC(C)c2ccc(N3CCCCC3)cc2)S(C)(=O)=O)cc1. The Morgan fingerprint density at radius 1 is 1.06 bits per heavy atom. The molecule has 8 heteroatoms. The largest absolute Gasteiger partial charge is 0.497 e. The number of carbonyl (C=O) groups excluding carboxylic acids is 1.